The highest BCUT2D eigenvalue weighted by molar-refractivity contribution is 6.30. The van der Waals surface area contributed by atoms with Crippen LogP contribution in [0.3, 0.4) is 0 Å². The van der Waals surface area contributed by atoms with Gasteiger partial charge in [-0.1, -0.05) is 17.7 Å². The number of aliphatic hydroxyl groups is 1. The van der Waals surface area contributed by atoms with Gasteiger partial charge < -0.3 is 9.52 Å². The van der Waals surface area contributed by atoms with Crippen molar-refractivity contribution in [2.24, 2.45) is 0 Å². The number of halogens is 2. The second kappa shape index (κ2) is 4.04. The van der Waals surface area contributed by atoms with Crippen molar-refractivity contribution >= 4 is 11.6 Å². The highest BCUT2D eigenvalue weighted by atomic mass is 35.5. The first-order valence-electron chi connectivity index (χ1n) is 4.35. The zero-order valence-corrected chi connectivity index (χ0v) is 8.41. The van der Waals surface area contributed by atoms with Crippen molar-refractivity contribution in [3.8, 4) is 0 Å². The summed E-state index contributed by atoms with van der Waals surface area (Å²) >= 11 is 5.53. The zero-order valence-electron chi connectivity index (χ0n) is 7.65. The number of benzene rings is 1. The highest BCUT2D eigenvalue weighted by Crippen LogP contribution is 2.25. The summed E-state index contributed by atoms with van der Waals surface area (Å²) < 4.78 is 18.1. The average molecular weight is 227 g/mol. The second-order valence-corrected chi connectivity index (χ2v) is 3.50. The highest BCUT2D eigenvalue weighted by Gasteiger charge is 2.14. The van der Waals surface area contributed by atoms with Crippen molar-refractivity contribution in [2.45, 2.75) is 6.10 Å². The van der Waals surface area contributed by atoms with Crippen LogP contribution in [0.2, 0.25) is 5.02 Å². The molecule has 2 aromatic rings. The minimum Gasteiger partial charge on any atom is -0.466 e. The second-order valence-electron chi connectivity index (χ2n) is 3.09. The molecular formula is C11H8ClFO2. The van der Waals surface area contributed by atoms with Gasteiger partial charge >= 0.3 is 0 Å². The minimum absolute atomic E-state index is 0.0328. The van der Waals surface area contributed by atoms with Crippen LogP contribution in [0.25, 0.3) is 0 Å². The fourth-order valence-electron chi connectivity index (χ4n) is 1.29. The van der Waals surface area contributed by atoms with Crippen LogP contribution in [0.5, 0.6) is 0 Å². The van der Waals surface area contributed by atoms with Gasteiger partial charge in [-0.2, -0.15) is 0 Å². The maximum absolute atomic E-state index is 13.1. The van der Waals surface area contributed by atoms with E-state index in [-0.39, 0.29) is 5.02 Å². The molecule has 1 atom stereocenters. The number of furan rings is 1. The van der Waals surface area contributed by atoms with Crippen LogP contribution in [0.1, 0.15) is 17.4 Å². The first-order chi connectivity index (χ1) is 7.18. The Hall–Kier alpha value is -1.32. The molecule has 0 saturated carbocycles. The Morgan fingerprint density at radius 3 is 2.73 bits per heavy atom. The van der Waals surface area contributed by atoms with E-state index >= 15 is 0 Å². The lowest BCUT2D eigenvalue weighted by molar-refractivity contribution is 0.189. The summed E-state index contributed by atoms with van der Waals surface area (Å²) in [5, 5.41) is 9.83. The summed E-state index contributed by atoms with van der Waals surface area (Å²) in [5.74, 6) is -0.184. The molecule has 1 aromatic heterocycles. The average Bonchev–Trinajstić information content (AvgIpc) is 2.74. The third-order valence-electron chi connectivity index (χ3n) is 2.07. The van der Waals surface area contributed by atoms with Gasteiger partial charge in [-0.15, -0.1) is 0 Å². The van der Waals surface area contributed by atoms with Gasteiger partial charge in [0.25, 0.3) is 0 Å². The smallest absolute Gasteiger partial charge is 0.142 e. The topological polar surface area (TPSA) is 33.4 Å². The Bertz CT molecular complexity index is 454. The summed E-state index contributed by atoms with van der Waals surface area (Å²) in [6.45, 7) is 0. The fraction of sp³-hybridized carbons (Fsp3) is 0.0909. The van der Waals surface area contributed by atoms with Crippen molar-refractivity contribution in [3.05, 3.63) is 58.8 Å². The third kappa shape index (κ3) is 2.03. The molecule has 78 valence electrons. The molecule has 2 nitrogen and oxygen atoms in total. The van der Waals surface area contributed by atoms with Gasteiger partial charge in [0.05, 0.1) is 11.3 Å². The van der Waals surface area contributed by atoms with Gasteiger partial charge in [0.2, 0.25) is 0 Å². The maximum atomic E-state index is 13.1. The van der Waals surface area contributed by atoms with E-state index in [1.54, 1.807) is 18.2 Å². The van der Waals surface area contributed by atoms with Crippen molar-refractivity contribution in [3.63, 3.8) is 0 Å². The number of aliphatic hydroxyl groups excluding tert-OH is 1. The molecule has 1 N–H and O–H groups in total. The van der Waals surface area contributed by atoms with E-state index in [0.717, 1.165) is 0 Å². The molecule has 0 amide bonds. The summed E-state index contributed by atoms with van der Waals surface area (Å²) in [6.07, 6.45) is 0.483. The van der Waals surface area contributed by atoms with Crippen LogP contribution in [0.15, 0.2) is 41.0 Å². The molecule has 0 aliphatic rings. The van der Waals surface area contributed by atoms with E-state index in [1.807, 2.05) is 0 Å². The summed E-state index contributed by atoms with van der Waals surface area (Å²) in [7, 11) is 0. The number of hydrogen-bond acceptors (Lipinski definition) is 2. The van der Waals surface area contributed by atoms with Crippen molar-refractivity contribution in [1.82, 2.24) is 0 Å². The SMILES string of the molecule is OC(c1ccc(Cl)c(F)c1)c1ccco1. The molecule has 2 rings (SSSR count). The fourth-order valence-corrected chi connectivity index (χ4v) is 1.41. The predicted molar refractivity (Wildman–Crippen MR) is 54.2 cm³/mol. The molecule has 1 aromatic carbocycles. The largest absolute Gasteiger partial charge is 0.466 e. The van der Waals surface area contributed by atoms with Crippen LogP contribution in [0.4, 0.5) is 4.39 Å². The predicted octanol–water partition coefficient (Wildman–Crippen LogP) is 3.15. The first kappa shape index (κ1) is 10.2. The van der Waals surface area contributed by atoms with Crippen molar-refractivity contribution in [2.75, 3.05) is 0 Å². The van der Waals surface area contributed by atoms with Crippen LogP contribution in [-0.4, -0.2) is 5.11 Å². The molecule has 0 bridgehead atoms. The van der Waals surface area contributed by atoms with E-state index < -0.39 is 11.9 Å². The van der Waals surface area contributed by atoms with Gasteiger partial charge in [0.15, 0.2) is 0 Å². The lowest BCUT2D eigenvalue weighted by atomic mass is 10.1. The Labute approximate surface area is 90.9 Å². The molecule has 0 aliphatic carbocycles. The first-order valence-corrected chi connectivity index (χ1v) is 4.72. The molecule has 0 spiro atoms. The zero-order chi connectivity index (χ0) is 10.8. The minimum atomic E-state index is -0.966. The molecule has 0 aliphatic heterocycles. The van der Waals surface area contributed by atoms with Gasteiger partial charge in [-0.3, -0.25) is 0 Å². The van der Waals surface area contributed by atoms with Crippen molar-refractivity contribution in [1.29, 1.82) is 0 Å². The van der Waals surface area contributed by atoms with Crippen LogP contribution >= 0.6 is 11.6 Å². The summed E-state index contributed by atoms with van der Waals surface area (Å²) in [5.41, 5.74) is 0.409. The van der Waals surface area contributed by atoms with E-state index in [2.05, 4.69) is 0 Å². The molecule has 0 fully saturated rings. The molecule has 4 heteroatoms. The Balaban J connectivity index is 2.34. The van der Waals surface area contributed by atoms with Gasteiger partial charge in [0.1, 0.15) is 17.7 Å². The summed E-state index contributed by atoms with van der Waals surface area (Å²) in [6, 6.07) is 7.43. The van der Waals surface area contributed by atoms with Crippen LogP contribution in [0, 0.1) is 5.82 Å². The van der Waals surface area contributed by atoms with E-state index in [0.29, 0.717) is 11.3 Å². The summed E-state index contributed by atoms with van der Waals surface area (Å²) in [4.78, 5) is 0. The van der Waals surface area contributed by atoms with E-state index in [9.17, 15) is 9.50 Å². The monoisotopic (exact) mass is 226 g/mol. The van der Waals surface area contributed by atoms with Gasteiger partial charge in [-0.05, 0) is 29.8 Å². The molecule has 15 heavy (non-hydrogen) atoms. The van der Waals surface area contributed by atoms with Gasteiger partial charge in [0, 0.05) is 0 Å². The quantitative estimate of drug-likeness (QED) is 0.853. The molecular weight excluding hydrogens is 219 g/mol. The Morgan fingerprint density at radius 2 is 2.13 bits per heavy atom. The molecule has 0 saturated heterocycles. The molecule has 0 radical (unpaired) electrons. The van der Waals surface area contributed by atoms with Crippen molar-refractivity contribution < 1.29 is 13.9 Å². The van der Waals surface area contributed by atoms with E-state index in [4.69, 9.17) is 16.0 Å². The van der Waals surface area contributed by atoms with Crippen LogP contribution in [-0.2, 0) is 0 Å². The lowest BCUT2D eigenvalue weighted by Crippen LogP contribution is -1.98. The van der Waals surface area contributed by atoms with Crippen LogP contribution < -0.4 is 0 Å². The van der Waals surface area contributed by atoms with E-state index in [1.165, 1.54) is 18.4 Å². The normalized spacial score (nSPS) is 12.7. The standard InChI is InChI=1S/C11H8ClFO2/c12-8-4-3-7(6-9(8)13)11(14)10-2-1-5-15-10/h1-6,11,14H. The molecule has 1 unspecified atom stereocenters. The Kier molecular flexibility index (Phi) is 2.75. The van der Waals surface area contributed by atoms with Gasteiger partial charge in [-0.25, -0.2) is 4.39 Å². The Morgan fingerprint density at radius 1 is 1.33 bits per heavy atom. The number of hydrogen-bond donors (Lipinski definition) is 1. The third-order valence-corrected chi connectivity index (χ3v) is 2.38. The molecule has 1 heterocycles. The lowest BCUT2D eigenvalue weighted by Gasteiger charge is -2.08. The maximum Gasteiger partial charge on any atom is 0.142 e. The number of rotatable bonds is 2.